The Morgan fingerprint density at radius 3 is 2.57 bits per heavy atom. The summed E-state index contributed by atoms with van der Waals surface area (Å²) in [6, 6.07) is 4.15. The smallest absolute Gasteiger partial charge is 0.308 e. The van der Waals surface area contributed by atoms with E-state index in [1.807, 2.05) is 0 Å². The predicted molar refractivity (Wildman–Crippen MR) is 85.9 cm³/mol. The van der Waals surface area contributed by atoms with Gasteiger partial charge in [0.05, 0.1) is 16.8 Å². The first kappa shape index (κ1) is 17.4. The monoisotopic (exact) mass is 374 g/mol. The van der Waals surface area contributed by atoms with Crippen LogP contribution in [0.2, 0.25) is 5.02 Å². The van der Waals surface area contributed by atoms with Gasteiger partial charge in [0, 0.05) is 19.2 Å². The number of hydrogen-bond acceptors (Lipinski definition) is 7. The SMILES string of the molecule is CC(=O)Oc1ccc(C(=O)Nc2ncc(S(C)(=O)=O)s2)c(Cl)c1. The van der Waals surface area contributed by atoms with Crippen LogP contribution in [0.1, 0.15) is 17.3 Å². The normalized spacial score (nSPS) is 11.1. The summed E-state index contributed by atoms with van der Waals surface area (Å²) in [6.07, 6.45) is 2.22. The van der Waals surface area contributed by atoms with Gasteiger partial charge in [-0.3, -0.25) is 14.9 Å². The van der Waals surface area contributed by atoms with Gasteiger partial charge in [-0.05, 0) is 12.1 Å². The molecule has 0 aliphatic rings. The molecule has 0 saturated carbocycles. The Kier molecular flexibility index (Phi) is 5.03. The molecule has 122 valence electrons. The van der Waals surface area contributed by atoms with Gasteiger partial charge in [0.15, 0.2) is 15.0 Å². The molecule has 0 aliphatic carbocycles. The maximum Gasteiger partial charge on any atom is 0.308 e. The fourth-order valence-corrected chi connectivity index (χ4v) is 3.45. The molecule has 2 aromatic rings. The van der Waals surface area contributed by atoms with Crippen LogP contribution in [0.5, 0.6) is 5.75 Å². The second-order valence-corrected chi connectivity index (χ2v) is 8.13. The molecule has 0 unspecified atom stereocenters. The maximum atomic E-state index is 12.1. The lowest BCUT2D eigenvalue weighted by Gasteiger charge is -2.06. The van der Waals surface area contributed by atoms with E-state index >= 15 is 0 Å². The molecule has 7 nitrogen and oxygen atoms in total. The zero-order valence-electron chi connectivity index (χ0n) is 12.0. The van der Waals surface area contributed by atoms with Gasteiger partial charge in [-0.1, -0.05) is 22.9 Å². The van der Waals surface area contributed by atoms with Crippen LogP contribution in [0, 0.1) is 0 Å². The summed E-state index contributed by atoms with van der Waals surface area (Å²) in [5.74, 6) is -0.846. The van der Waals surface area contributed by atoms with Crippen molar-refractivity contribution in [2.24, 2.45) is 0 Å². The van der Waals surface area contributed by atoms with Crippen LogP contribution < -0.4 is 10.1 Å². The lowest BCUT2D eigenvalue weighted by Crippen LogP contribution is -2.12. The highest BCUT2D eigenvalue weighted by Crippen LogP contribution is 2.26. The number of nitrogens with zero attached hydrogens (tertiary/aromatic N) is 1. The summed E-state index contributed by atoms with van der Waals surface area (Å²) < 4.78 is 27.7. The van der Waals surface area contributed by atoms with Crippen LogP contribution in [0.3, 0.4) is 0 Å². The van der Waals surface area contributed by atoms with Crippen LogP contribution in [0.4, 0.5) is 5.13 Å². The fourth-order valence-electron chi connectivity index (χ4n) is 1.56. The van der Waals surface area contributed by atoms with Crippen LogP contribution in [0.25, 0.3) is 0 Å². The molecular formula is C13H11ClN2O5S2. The standard InChI is InChI=1S/C13H11ClN2O5S2/c1-7(17)21-8-3-4-9(10(14)5-8)12(18)16-13-15-6-11(22-13)23(2,19)20/h3-6H,1-2H3,(H,15,16,18). The first-order valence-corrected chi connectivity index (χ1v) is 9.20. The summed E-state index contributed by atoms with van der Waals surface area (Å²) in [5.41, 5.74) is 0.138. The first-order valence-electron chi connectivity index (χ1n) is 6.12. The van der Waals surface area contributed by atoms with E-state index in [4.69, 9.17) is 16.3 Å². The number of carbonyl (C=O) groups excluding carboxylic acids is 2. The molecule has 0 radical (unpaired) electrons. The molecule has 1 heterocycles. The van der Waals surface area contributed by atoms with Gasteiger partial charge in [-0.15, -0.1) is 0 Å². The number of halogens is 1. The predicted octanol–water partition coefficient (Wildman–Crippen LogP) is 2.38. The van der Waals surface area contributed by atoms with Gasteiger partial charge in [0.2, 0.25) is 0 Å². The number of carbonyl (C=O) groups is 2. The van der Waals surface area contributed by atoms with Gasteiger partial charge in [0.25, 0.3) is 5.91 Å². The van der Waals surface area contributed by atoms with E-state index in [0.717, 1.165) is 17.6 Å². The Morgan fingerprint density at radius 2 is 2.04 bits per heavy atom. The molecule has 23 heavy (non-hydrogen) atoms. The summed E-state index contributed by atoms with van der Waals surface area (Å²) in [4.78, 5) is 26.8. The molecule has 1 amide bonds. The third kappa shape index (κ3) is 4.50. The minimum Gasteiger partial charge on any atom is -0.427 e. The number of esters is 1. The van der Waals surface area contributed by atoms with E-state index < -0.39 is 21.7 Å². The van der Waals surface area contributed by atoms with Crippen molar-refractivity contribution < 1.29 is 22.7 Å². The van der Waals surface area contributed by atoms with Crippen molar-refractivity contribution in [3.8, 4) is 5.75 Å². The van der Waals surface area contributed by atoms with E-state index in [1.54, 1.807) is 0 Å². The number of nitrogens with one attached hydrogen (secondary N) is 1. The van der Waals surface area contributed by atoms with Crippen molar-refractivity contribution in [3.05, 3.63) is 35.0 Å². The third-order valence-corrected chi connectivity index (χ3v) is 5.53. The quantitative estimate of drug-likeness (QED) is 0.651. The zero-order valence-corrected chi connectivity index (χ0v) is 14.4. The van der Waals surface area contributed by atoms with Crippen LogP contribution >= 0.6 is 22.9 Å². The molecule has 10 heteroatoms. The van der Waals surface area contributed by atoms with E-state index in [2.05, 4.69) is 10.3 Å². The topological polar surface area (TPSA) is 102 Å². The molecule has 0 bridgehead atoms. The Morgan fingerprint density at radius 1 is 1.35 bits per heavy atom. The molecule has 0 fully saturated rings. The van der Waals surface area contributed by atoms with E-state index in [1.165, 1.54) is 31.3 Å². The summed E-state index contributed by atoms with van der Waals surface area (Å²) in [6.45, 7) is 1.25. The second-order valence-electron chi connectivity index (χ2n) is 4.45. The van der Waals surface area contributed by atoms with E-state index in [-0.39, 0.29) is 25.7 Å². The number of benzene rings is 1. The Labute approximate surface area is 141 Å². The van der Waals surface area contributed by atoms with Crippen molar-refractivity contribution in [1.82, 2.24) is 4.98 Å². The lowest BCUT2D eigenvalue weighted by molar-refractivity contribution is -0.131. The maximum absolute atomic E-state index is 12.1. The van der Waals surface area contributed by atoms with Crippen molar-refractivity contribution in [1.29, 1.82) is 0 Å². The number of ether oxygens (including phenoxy) is 1. The summed E-state index contributed by atoms with van der Waals surface area (Å²) in [7, 11) is -3.38. The summed E-state index contributed by atoms with van der Waals surface area (Å²) >= 11 is 6.82. The van der Waals surface area contributed by atoms with Gasteiger partial charge in [0.1, 0.15) is 9.96 Å². The Bertz CT molecular complexity index is 876. The Balaban J connectivity index is 2.18. The number of rotatable bonds is 4. The highest BCUT2D eigenvalue weighted by atomic mass is 35.5. The first-order chi connectivity index (χ1) is 10.7. The minimum absolute atomic E-state index is 0.0455. The summed E-state index contributed by atoms with van der Waals surface area (Å²) in [5, 5.41) is 2.68. The molecule has 1 aromatic carbocycles. The highest BCUT2D eigenvalue weighted by Gasteiger charge is 2.16. The third-order valence-electron chi connectivity index (χ3n) is 2.52. The lowest BCUT2D eigenvalue weighted by atomic mass is 10.2. The van der Waals surface area contributed by atoms with Crippen molar-refractivity contribution in [2.45, 2.75) is 11.1 Å². The second kappa shape index (κ2) is 6.65. The fraction of sp³-hybridized carbons (Fsp3) is 0.154. The molecule has 1 aromatic heterocycles. The Hall–Kier alpha value is -1.97. The van der Waals surface area contributed by atoms with Gasteiger partial charge < -0.3 is 4.74 Å². The average molecular weight is 375 g/mol. The van der Waals surface area contributed by atoms with Crippen LogP contribution in [-0.4, -0.2) is 31.5 Å². The van der Waals surface area contributed by atoms with Crippen molar-refractivity contribution >= 4 is 49.8 Å². The minimum atomic E-state index is -3.38. The van der Waals surface area contributed by atoms with Gasteiger partial charge >= 0.3 is 5.97 Å². The van der Waals surface area contributed by atoms with E-state index in [9.17, 15) is 18.0 Å². The number of aromatic nitrogens is 1. The molecule has 0 spiro atoms. The molecule has 0 saturated heterocycles. The highest BCUT2D eigenvalue weighted by molar-refractivity contribution is 7.92. The molecule has 0 atom stereocenters. The molecule has 1 N–H and O–H groups in total. The number of amides is 1. The molecular weight excluding hydrogens is 364 g/mol. The number of sulfone groups is 1. The number of thiazole rings is 1. The van der Waals surface area contributed by atoms with Crippen molar-refractivity contribution in [3.63, 3.8) is 0 Å². The number of hydrogen-bond donors (Lipinski definition) is 1. The van der Waals surface area contributed by atoms with Gasteiger partial charge in [-0.2, -0.15) is 0 Å². The van der Waals surface area contributed by atoms with E-state index in [0.29, 0.717) is 0 Å². The van der Waals surface area contributed by atoms with Gasteiger partial charge in [-0.25, -0.2) is 13.4 Å². The number of anilines is 1. The van der Waals surface area contributed by atoms with Crippen molar-refractivity contribution in [2.75, 3.05) is 11.6 Å². The zero-order chi connectivity index (χ0) is 17.2. The largest absolute Gasteiger partial charge is 0.427 e. The van der Waals surface area contributed by atoms with Crippen LogP contribution in [0.15, 0.2) is 28.6 Å². The average Bonchev–Trinajstić information content (AvgIpc) is 2.86. The molecule has 2 rings (SSSR count). The molecule has 0 aliphatic heterocycles. The van der Waals surface area contributed by atoms with Crippen LogP contribution in [-0.2, 0) is 14.6 Å².